The summed E-state index contributed by atoms with van der Waals surface area (Å²) < 4.78 is 22.6. The van der Waals surface area contributed by atoms with Gasteiger partial charge in [0.25, 0.3) is 5.91 Å². The molecule has 0 saturated carbocycles. The Kier molecular flexibility index (Phi) is 7.78. The van der Waals surface area contributed by atoms with Gasteiger partial charge in [0.15, 0.2) is 11.5 Å². The molecule has 1 aromatic heterocycles. The van der Waals surface area contributed by atoms with Crippen LogP contribution in [0, 0.1) is 6.92 Å². The second-order valence-electron chi connectivity index (χ2n) is 6.86. The van der Waals surface area contributed by atoms with Crippen molar-refractivity contribution in [2.24, 2.45) is 0 Å². The first-order valence-electron chi connectivity index (χ1n) is 9.92. The molecule has 174 valence electrons. The predicted molar refractivity (Wildman–Crippen MR) is 122 cm³/mol. The Hall–Kier alpha value is -3.72. The Morgan fingerprint density at radius 1 is 1.03 bits per heavy atom. The molecule has 0 saturated heterocycles. The minimum absolute atomic E-state index is 0.0730. The number of nitrogens with one attached hydrogen (secondary N) is 1. The third-order valence-electron chi connectivity index (χ3n) is 4.82. The third kappa shape index (κ3) is 5.38. The summed E-state index contributed by atoms with van der Waals surface area (Å²) >= 11 is 6.44. The quantitative estimate of drug-likeness (QED) is 0.475. The Labute approximate surface area is 196 Å². The van der Waals surface area contributed by atoms with E-state index < -0.39 is 11.9 Å². The van der Waals surface area contributed by atoms with Gasteiger partial charge in [-0.3, -0.25) is 9.59 Å². The highest BCUT2D eigenvalue weighted by molar-refractivity contribution is 6.30. The SMILES string of the molecule is COc1cc(C(=O)NCC(=O)OCc2c(C)nn(-c3ccccc3)c2Cl)cc(OC)c1OC. The molecule has 0 unspecified atom stereocenters. The van der Waals surface area contributed by atoms with Crippen LogP contribution in [0.25, 0.3) is 5.69 Å². The van der Waals surface area contributed by atoms with E-state index in [4.69, 9.17) is 30.5 Å². The van der Waals surface area contributed by atoms with Crippen LogP contribution >= 0.6 is 11.6 Å². The van der Waals surface area contributed by atoms with E-state index in [9.17, 15) is 9.59 Å². The van der Waals surface area contributed by atoms with Crippen LogP contribution in [-0.2, 0) is 16.1 Å². The fourth-order valence-corrected chi connectivity index (χ4v) is 3.43. The molecule has 33 heavy (non-hydrogen) atoms. The number of ether oxygens (including phenoxy) is 4. The molecule has 0 aliphatic rings. The summed E-state index contributed by atoms with van der Waals surface area (Å²) in [5.41, 5.74) is 2.25. The Morgan fingerprint density at radius 3 is 2.24 bits per heavy atom. The van der Waals surface area contributed by atoms with Gasteiger partial charge < -0.3 is 24.3 Å². The van der Waals surface area contributed by atoms with Crippen LogP contribution in [-0.4, -0.2) is 49.5 Å². The van der Waals surface area contributed by atoms with Crippen molar-refractivity contribution in [1.82, 2.24) is 15.1 Å². The summed E-state index contributed by atoms with van der Waals surface area (Å²) in [5.74, 6) is -0.120. The monoisotopic (exact) mass is 473 g/mol. The number of hydrogen-bond acceptors (Lipinski definition) is 7. The number of methoxy groups -OCH3 is 3. The topological polar surface area (TPSA) is 101 Å². The van der Waals surface area contributed by atoms with Crippen molar-refractivity contribution < 1.29 is 28.5 Å². The summed E-state index contributed by atoms with van der Waals surface area (Å²) in [4.78, 5) is 24.7. The number of rotatable bonds is 9. The highest BCUT2D eigenvalue weighted by Crippen LogP contribution is 2.38. The molecule has 1 N–H and O–H groups in total. The molecule has 2 aromatic carbocycles. The van der Waals surface area contributed by atoms with E-state index in [1.807, 2.05) is 30.3 Å². The lowest BCUT2D eigenvalue weighted by atomic mass is 10.1. The van der Waals surface area contributed by atoms with Gasteiger partial charge in [0, 0.05) is 11.1 Å². The van der Waals surface area contributed by atoms with Gasteiger partial charge in [0.2, 0.25) is 5.75 Å². The maximum absolute atomic E-state index is 12.5. The van der Waals surface area contributed by atoms with Crippen molar-refractivity contribution >= 4 is 23.5 Å². The molecular weight excluding hydrogens is 450 g/mol. The molecule has 0 fully saturated rings. The van der Waals surface area contributed by atoms with Crippen LogP contribution in [0.2, 0.25) is 5.15 Å². The summed E-state index contributed by atoms with van der Waals surface area (Å²) in [5, 5.41) is 7.28. The van der Waals surface area contributed by atoms with Crippen molar-refractivity contribution in [2.75, 3.05) is 27.9 Å². The van der Waals surface area contributed by atoms with Crippen molar-refractivity contribution in [3.8, 4) is 22.9 Å². The number of aromatic nitrogens is 2. The van der Waals surface area contributed by atoms with Gasteiger partial charge in [-0.25, -0.2) is 4.68 Å². The molecule has 0 aliphatic carbocycles. The normalized spacial score (nSPS) is 10.5. The Balaban J connectivity index is 1.62. The number of para-hydroxylation sites is 1. The predicted octanol–water partition coefficient (Wildman–Crippen LogP) is 3.33. The number of halogens is 1. The van der Waals surface area contributed by atoms with Crippen molar-refractivity contribution in [3.63, 3.8) is 0 Å². The van der Waals surface area contributed by atoms with E-state index in [0.717, 1.165) is 5.69 Å². The highest BCUT2D eigenvalue weighted by atomic mass is 35.5. The van der Waals surface area contributed by atoms with Gasteiger partial charge in [-0.2, -0.15) is 5.10 Å². The standard InChI is InChI=1S/C23H24ClN3O6/c1-14-17(22(24)27(26-14)16-8-6-5-7-9-16)13-33-20(28)12-25-23(29)15-10-18(30-2)21(32-4)19(11-15)31-3/h5-11H,12-13H2,1-4H3,(H,25,29). The van der Waals surface area contributed by atoms with Gasteiger partial charge in [0.05, 0.1) is 32.7 Å². The zero-order valence-electron chi connectivity index (χ0n) is 18.7. The molecule has 10 heteroatoms. The lowest BCUT2D eigenvalue weighted by molar-refractivity contribution is -0.143. The molecule has 0 bridgehead atoms. The fourth-order valence-electron chi connectivity index (χ4n) is 3.11. The summed E-state index contributed by atoms with van der Waals surface area (Å²) in [6, 6.07) is 12.4. The molecule has 9 nitrogen and oxygen atoms in total. The number of carbonyl (C=O) groups excluding carboxylic acids is 2. The second-order valence-corrected chi connectivity index (χ2v) is 7.22. The molecule has 0 spiro atoms. The van der Waals surface area contributed by atoms with Crippen LogP contribution in [0.3, 0.4) is 0 Å². The van der Waals surface area contributed by atoms with E-state index >= 15 is 0 Å². The molecule has 0 radical (unpaired) electrons. The van der Waals surface area contributed by atoms with E-state index in [1.165, 1.54) is 33.5 Å². The molecule has 0 aliphatic heterocycles. The number of hydrogen-bond donors (Lipinski definition) is 1. The molecule has 1 amide bonds. The average molecular weight is 474 g/mol. The van der Waals surface area contributed by atoms with Gasteiger partial charge in [-0.05, 0) is 31.2 Å². The molecule has 3 aromatic rings. The maximum Gasteiger partial charge on any atom is 0.325 e. The smallest absolute Gasteiger partial charge is 0.325 e. The van der Waals surface area contributed by atoms with Crippen molar-refractivity contribution in [2.45, 2.75) is 13.5 Å². The van der Waals surface area contributed by atoms with E-state index in [1.54, 1.807) is 11.6 Å². The number of aryl methyl sites for hydroxylation is 1. The van der Waals surface area contributed by atoms with Gasteiger partial charge in [0.1, 0.15) is 18.3 Å². The number of benzene rings is 2. The van der Waals surface area contributed by atoms with Crippen molar-refractivity contribution in [1.29, 1.82) is 0 Å². The highest BCUT2D eigenvalue weighted by Gasteiger charge is 2.19. The van der Waals surface area contributed by atoms with Gasteiger partial charge in [-0.1, -0.05) is 29.8 Å². The number of nitrogens with zero attached hydrogens (tertiary/aromatic N) is 2. The summed E-state index contributed by atoms with van der Waals surface area (Å²) in [7, 11) is 4.36. The fraction of sp³-hybridized carbons (Fsp3) is 0.261. The van der Waals surface area contributed by atoms with E-state index in [-0.39, 0.29) is 18.7 Å². The van der Waals surface area contributed by atoms with Crippen molar-refractivity contribution in [3.05, 3.63) is 64.4 Å². The number of amides is 1. The Bertz CT molecular complexity index is 1120. The van der Waals surface area contributed by atoms with Crippen LogP contribution in [0.5, 0.6) is 17.2 Å². The minimum atomic E-state index is -0.626. The van der Waals surface area contributed by atoms with Gasteiger partial charge in [-0.15, -0.1) is 0 Å². The van der Waals surface area contributed by atoms with Crippen LogP contribution in [0.4, 0.5) is 0 Å². The second kappa shape index (κ2) is 10.7. The Morgan fingerprint density at radius 2 is 1.67 bits per heavy atom. The third-order valence-corrected chi connectivity index (χ3v) is 5.21. The first-order valence-corrected chi connectivity index (χ1v) is 10.3. The molecule has 3 rings (SSSR count). The van der Waals surface area contributed by atoms with E-state index in [2.05, 4.69) is 10.4 Å². The average Bonchev–Trinajstić information content (AvgIpc) is 3.13. The summed E-state index contributed by atoms with van der Waals surface area (Å²) in [6.07, 6.45) is 0. The zero-order valence-corrected chi connectivity index (χ0v) is 19.4. The van der Waals surface area contributed by atoms with Gasteiger partial charge >= 0.3 is 5.97 Å². The zero-order chi connectivity index (χ0) is 24.0. The number of esters is 1. The van der Waals surface area contributed by atoms with E-state index in [0.29, 0.717) is 33.7 Å². The maximum atomic E-state index is 12.5. The first kappa shape index (κ1) is 23.9. The summed E-state index contributed by atoms with van der Waals surface area (Å²) in [6.45, 7) is 1.37. The lowest BCUT2D eigenvalue weighted by Crippen LogP contribution is -2.30. The minimum Gasteiger partial charge on any atom is -0.493 e. The molecule has 0 atom stereocenters. The van der Waals surface area contributed by atoms with Crippen LogP contribution in [0.15, 0.2) is 42.5 Å². The van der Waals surface area contributed by atoms with Crippen LogP contribution < -0.4 is 19.5 Å². The van der Waals surface area contributed by atoms with Crippen LogP contribution in [0.1, 0.15) is 21.6 Å². The molecule has 1 heterocycles. The number of carbonyl (C=O) groups is 2. The lowest BCUT2D eigenvalue weighted by Gasteiger charge is -2.14. The molecular formula is C23H24ClN3O6. The first-order chi connectivity index (χ1) is 15.9. The largest absolute Gasteiger partial charge is 0.493 e.